The van der Waals surface area contributed by atoms with E-state index in [9.17, 15) is 4.79 Å². The van der Waals surface area contributed by atoms with Crippen LogP contribution in [0.3, 0.4) is 0 Å². The van der Waals surface area contributed by atoms with Crippen molar-refractivity contribution in [3.63, 3.8) is 0 Å². The quantitative estimate of drug-likeness (QED) is 0.513. The molecule has 2 heterocycles. The average molecular weight is 446 g/mol. The van der Waals surface area contributed by atoms with E-state index in [1.54, 1.807) is 12.4 Å². The molecule has 3 aromatic rings. The van der Waals surface area contributed by atoms with Gasteiger partial charge in [-0.25, -0.2) is 0 Å². The van der Waals surface area contributed by atoms with Crippen molar-refractivity contribution in [2.75, 3.05) is 18.8 Å². The van der Waals surface area contributed by atoms with E-state index in [-0.39, 0.29) is 5.91 Å². The normalized spacial score (nSPS) is 10.8. The van der Waals surface area contributed by atoms with Crippen molar-refractivity contribution < 1.29 is 4.79 Å². The first-order chi connectivity index (χ1) is 13.1. The van der Waals surface area contributed by atoms with Crippen molar-refractivity contribution in [1.29, 1.82) is 0 Å². The van der Waals surface area contributed by atoms with Crippen LogP contribution in [0.25, 0.3) is 17.1 Å². The van der Waals surface area contributed by atoms with Crippen molar-refractivity contribution in [2.24, 2.45) is 0 Å². The van der Waals surface area contributed by atoms with Gasteiger partial charge in [0.05, 0.1) is 5.75 Å². The molecule has 0 atom stereocenters. The number of amides is 1. The first-order valence-corrected chi connectivity index (χ1v) is 10.4. The molecule has 27 heavy (non-hydrogen) atoms. The van der Waals surface area contributed by atoms with E-state index in [0.717, 1.165) is 21.5 Å². The molecule has 0 bridgehead atoms. The summed E-state index contributed by atoms with van der Waals surface area (Å²) in [6.45, 7) is 5.38. The molecule has 0 aliphatic carbocycles. The Morgan fingerprint density at radius 2 is 1.74 bits per heavy atom. The second-order valence-electron chi connectivity index (χ2n) is 5.71. The van der Waals surface area contributed by atoms with Crippen LogP contribution >= 0.6 is 27.7 Å². The molecule has 1 aromatic carbocycles. The number of hydrogen-bond acceptors (Lipinski definition) is 5. The van der Waals surface area contributed by atoms with Gasteiger partial charge in [0.15, 0.2) is 11.0 Å². The monoisotopic (exact) mass is 445 g/mol. The predicted molar refractivity (Wildman–Crippen MR) is 111 cm³/mol. The van der Waals surface area contributed by atoms with Gasteiger partial charge in [0.1, 0.15) is 0 Å². The highest BCUT2D eigenvalue weighted by atomic mass is 79.9. The molecule has 0 aliphatic heterocycles. The molecule has 0 N–H and O–H groups in total. The fourth-order valence-electron chi connectivity index (χ4n) is 2.67. The molecule has 0 radical (unpaired) electrons. The fraction of sp³-hybridized carbons (Fsp3) is 0.263. The van der Waals surface area contributed by atoms with Gasteiger partial charge in [-0.3, -0.25) is 14.3 Å². The Hall–Kier alpha value is -2.19. The van der Waals surface area contributed by atoms with Gasteiger partial charge in [-0.05, 0) is 50.2 Å². The first-order valence-electron chi connectivity index (χ1n) is 8.66. The summed E-state index contributed by atoms with van der Waals surface area (Å²) in [6, 6.07) is 11.7. The number of thioether (sulfide) groups is 1. The molecule has 6 nitrogen and oxygen atoms in total. The first kappa shape index (κ1) is 19.6. The van der Waals surface area contributed by atoms with Gasteiger partial charge < -0.3 is 4.90 Å². The Kier molecular flexibility index (Phi) is 6.63. The van der Waals surface area contributed by atoms with Crippen LogP contribution in [0.15, 0.2) is 58.4 Å². The lowest BCUT2D eigenvalue weighted by Crippen LogP contribution is -2.31. The van der Waals surface area contributed by atoms with E-state index in [2.05, 4.69) is 31.1 Å². The summed E-state index contributed by atoms with van der Waals surface area (Å²) in [5, 5.41) is 9.41. The predicted octanol–water partition coefficient (Wildman–Crippen LogP) is 4.05. The lowest BCUT2D eigenvalue weighted by molar-refractivity contribution is -0.127. The second kappa shape index (κ2) is 9.14. The average Bonchev–Trinajstić information content (AvgIpc) is 3.12. The summed E-state index contributed by atoms with van der Waals surface area (Å²) in [5.74, 6) is 1.14. The van der Waals surface area contributed by atoms with Crippen molar-refractivity contribution >= 4 is 33.6 Å². The molecule has 0 aliphatic rings. The van der Waals surface area contributed by atoms with Crippen molar-refractivity contribution in [3.05, 3.63) is 53.3 Å². The largest absolute Gasteiger partial charge is 0.343 e. The smallest absolute Gasteiger partial charge is 0.233 e. The Morgan fingerprint density at radius 3 is 2.37 bits per heavy atom. The van der Waals surface area contributed by atoms with E-state index in [1.165, 1.54) is 11.8 Å². The summed E-state index contributed by atoms with van der Waals surface area (Å²) < 4.78 is 2.97. The molecule has 2 aromatic heterocycles. The molecule has 1 amide bonds. The summed E-state index contributed by atoms with van der Waals surface area (Å²) in [7, 11) is 0. The van der Waals surface area contributed by atoms with Crippen LogP contribution in [0.2, 0.25) is 0 Å². The summed E-state index contributed by atoms with van der Waals surface area (Å²) in [6.07, 6.45) is 3.46. The number of rotatable bonds is 7. The highest BCUT2D eigenvalue weighted by molar-refractivity contribution is 9.10. The van der Waals surface area contributed by atoms with E-state index in [4.69, 9.17) is 0 Å². The maximum atomic E-state index is 12.4. The molecule has 0 saturated heterocycles. The Morgan fingerprint density at radius 1 is 1.07 bits per heavy atom. The molecule has 3 rings (SSSR count). The molecular formula is C19H20BrN5OS. The van der Waals surface area contributed by atoms with Crippen LogP contribution in [0.1, 0.15) is 13.8 Å². The van der Waals surface area contributed by atoms with Gasteiger partial charge in [0.25, 0.3) is 0 Å². The minimum absolute atomic E-state index is 0.0980. The Labute approximate surface area is 171 Å². The van der Waals surface area contributed by atoms with E-state index < -0.39 is 0 Å². The van der Waals surface area contributed by atoms with Gasteiger partial charge in [-0.15, -0.1) is 10.2 Å². The van der Waals surface area contributed by atoms with Crippen LogP contribution in [-0.4, -0.2) is 49.4 Å². The minimum Gasteiger partial charge on any atom is -0.343 e. The number of hydrogen-bond donors (Lipinski definition) is 0. The second-order valence-corrected chi connectivity index (χ2v) is 7.57. The molecule has 0 saturated carbocycles. The number of nitrogens with zero attached hydrogens (tertiary/aromatic N) is 5. The molecule has 8 heteroatoms. The maximum Gasteiger partial charge on any atom is 0.233 e. The third-order valence-corrected chi connectivity index (χ3v) is 5.54. The van der Waals surface area contributed by atoms with Crippen LogP contribution in [0, 0.1) is 0 Å². The number of halogens is 1. The van der Waals surface area contributed by atoms with Crippen LogP contribution in [-0.2, 0) is 4.79 Å². The van der Waals surface area contributed by atoms with Crippen LogP contribution < -0.4 is 0 Å². The zero-order chi connectivity index (χ0) is 19.2. The van der Waals surface area contributed by atoms with E-state index >= 15 is 0 Å². The fourth-order valence-corrected chi connectivity index (χ4v) is 3.79. The lowest BCUT2D eigenvalue weighted by Gasteiger charge is -2.18. The highest BCUT2D eigenvalue weighted by Crippen LogP contribution is 2.28. The summed E-state index contributed by atoms with van der Waals surface area (Å²) in [5.41, 5.74) is 1.86. The number of pyridine rings is 1. The van der Waals surface area contributed by atoms with Crippen molar-refractivity contribution in [3.8, 4) is 17.1 Å². The molecule has 140 valence electrons. The third-order valence-electron chi connectivity index (χ3n) is 4.10. The van der Waals surface area contributed by atoms with E-state index in [0.29, 0.717) is 24.0 Å². The number of aromatic nitrogens is 4. The Bertz CT molecular complexity index is 894. The van der Waals surface area contributed by atoms with Crippen molar-refractivity contribution in [1.82, 2.24) is 24.6 Å². The van der Waals surface area contributed by atoms with Gasteiger partial charge in [-0.1, -0.05) is 27.7 Å². The standard InChI is InChI=1S/C19H20BrN5OS/c1-3-24(4-2)17(26)13-27-19-23-22-18(14-9-11-21-12-10-14)25(19)16-7-5-15(20)6-8-16/h5-12H,3-4,13H2,1-2H3. The Balaban J connectivity index is 1.95. The van der Waals surface area contributed by atoms with Gasteiger partial charge in [-0.2, -0.15) is 0 Å². The molecular weight excluding hydrogens is 426 g/mol. The molecule has 0 fully saturated rings. The number of benzene rings is 1. The number of carbonyl (C=O) groups is 1. The lowest BCUT2D eigenvalue weighted by atomic mass is 10.2. The van der Waals surface area contributed by atoms with Crippen LogP contribution in [0.4, 0.5) is 0 Å². The van der Waals surface area contributed by atoms with E-state index in [1.807, 2.05) is 59.7 Å². The van der Waals surface area contributed by atoms with Gasteiger partial charge in [0.2, 0.25) is 5.91 Å². The SMILES string of the molecule is CCN(CC)C(=O)CSc1nnc(-c2ccncc2)n1-c1ccc(Br)cc1. The minimum atomic E-state index is 0.0980. The maximum absolute atomic E-state index is 12.4. The summed E-state index contributed by atoms with van der Waals surface area (Å²) in [4.78, 5) is 18.3. The zero-order valence-electron chi connectivity index (χ0n) is 15.2. The summed E-state index contributed by atoms with van der Waals surface area (Å²) >= 11 is 4.87. The topological polar surface area (TPSA) is 63.9 Å². The molecule has 0 spiro atoms. The van der Waals surface area contributed by atoms with Crippen molar-refractivity contribution in [2.45, 2.75) is 19.0 Å². The number of carbonyl (C=O) groups excluding carboxylic acids is 1. The zero-order valence-corrected chi connectivity index (χ0v) is 17.6. The third kappa shape index (κ3) is 4.56. The molecule has 0 unspecified atom stereocenters. The van der Waals surface area contributed by atoms with Crippen LogP contribution in [0.5, 0.6) is 0 Å². The van der Waals surface area contributed by atoms with Gasteiger partial charge in [0, 0.05) is 41.2 Å². The highest BCUT2D eigenvalue weighted by Gasteiger charge is 2.18. The van der Waals surface area contributed by atoms with Gasteiger partial charge >= 0.3 is 0 Å².